The normalized spacial score (nSPS) is 10.4. The second-order valence-electron chi connectivity index (χ2n) is 3.93. The van der Waals surface area contributed by atoms with Crippen LogP contribution in [0.4, 0.5) is 0 Å². The first kappa shape index (κ1) is 12.9. The molecule has 1 aromatic carbocycles. The van der Waals surface area contributed by atoms with Gasteiger partial charge in [0.25, 0.3) is 0 Å². The molecule has 2 rings (SSSR count). The Bertz CT molecular complexity index is 592. The van der Waals surface area contributed by atoms with Crippen molar-refractivity contribution in [2.45, 2.75) is 20.1 Å². The topological polar surface area (TPSA) is 84.6 Å². The van der Waals surface area contributed by atoms with Crippen molar-refractivity contribution in [1.29, 1.82) is 0 Å². The van der Waals surface area contributed by atoms with E-state index in [-0.39, 0.29) is 18.1 Å². The van der Waals surface area contributed by atoms with Gasteiger partial charge >= 0.3 is 5.97 Å². The molecule has 6 nitrogen and oxygen atoms in total. The van der Waals surface area contributed by atoms with Crippen molar-refractivity contribution in [1.82, 2.24) is 9.78 Å². The van der Waals surface area contributed by atoms with Gasteiger partial charge in [-0.2, -0.15) is 5.10 Å². The van der Waals surface area contributed by atoms with Gasteiger partial charge in [0.1, 0.15) is 29.5 Å². The summed E-state index contributed by atoms with van der Waals surface area (Å²) >= 11 is 0. The van der Waals surface area contributed by atoms with Gasteiger partial charge in [0.15, 0.2) is 0 Å². The highest BCUT2D eigenvalue weighted by Crippen LogP contribution is 2.18. The quantitative estimate of drug-likeness (QED) is 0.859. The maximum atomic E-state index is 11.0. The molecule has 2 N–H and O–H groups in total. The molecule has 100 valence electrons. The predicted octanol–water partition coefficient (Wildman–Crippen LogP) is 1.89. The first-order valence-electron chi connectivity index (χ1n) is 5.82. The summed E-state index contributed by atoms with van der Waals surface area (Å²) in [6.07, 6.45) is 0. The third kappa shape index (κ3) is 3.04. The van der Waals surface area contributed by atoms with Crippen LogP contribution in [0.2, 0.25) is 0 Å². The number of ether oxygens (including phenoxy) is 1. The number of aromatic nitrogens is 2. The molecule has 0 spiro atoms. The fourth-order valence-corrected chi connectivity index (χ4v) is 1.68. The Morgan fingerprint density at radius 1 is 1.42 bits per heavy atom. The van der Waals surface area contributed by atoms with Gasteiger partial charge in [0, 0.05) is 12.6 Å². The Morgan fingerprint density at radius 3 is 2.79 bits per heavy atom. The van der Waals surface area contributed by atoms with Crippen LogP contribution in [0.3, 0.4) is 0 Å². The lowest BCUT2D eigenvalue weighted by Gasteiger charge is -2.04. The van der Waals surface area contributed by atoms with Gasteiger partial charge in [-0.25, -0.2) is 4.79 Å². The fraction of sp³-hybridized carbons (Fsp3) is 0.231. The van der Waals surface area contributed by atoms with Crippen LogP contribution in [-0.4, -0.2) is 26.0 Å². The van der Waals surface area contributed by atoms with E-state index in [9.17, 15) is 9.90 Å². The monoisotopic (exact) mass is 262 g/mol. The Kier molecular flexibility index (Phi) is 3.70. The molecule has 0 aliphatic carbocycles. The van der Waals surface area contributed by atoms with Gasteiger partial charge < -0.3 is 14.9 Å². The molecular weight excluding hydrogens is 248 g/mol. The minimum atomic E-state index is -1.02. The van der Waals surface area contributed by atoms with E-state index in [0.717, 1.165) is 0 Å². The van der Waals surface area contributed by atoms with Gasteiger partial charge in [-0.05, 0) is 25.1 Å². The Hall–Kier alpha value is -2.50. The minimum Gasteiger partial charge on any atom is -0.508 e. The third-order valence-corrected chi connectivity index (χ3v) is 2.55. The molecule has 0 bridgehead atoms. The van der Waals surface area contributed by atoms with E-state index in [4.69, 9.17) is 9.84 Å². The van der Waals surface area contributed by atoms with Crippen molar-refractivity contribution < 1.29 is 19.7 Å². The molecule has 0 aliphatic rings. The number of benzene rings is 1. The van der Waals surface area contributed by atoms with Gasteiger partial charge in [-0.15, -0.1) is 0 Å². The molecule has 0 fully saturated rings. The Labute approximate surface area is 109 Å². The summed E-state index contributed by atoms with van der Waals surface area (Å²) < 4.78 is 6.84. The van der Waals surface area contributed by atoms with E-state index >= 15 is 0 Å². The summed E-state index contributed by atoms with van der Waals surface area (Å²) in [6.45, 7) is 2.45. The number of carbonyl (C=O) groups is 1. The number of phenolic OH excluding ortho intramolecular Hbond substituents is 1. The van der Waals surface area contributed by atoms with Crippen LogP contribution in [0.15, 0.2) is 30.3 Å². The predicted molar refractivity (Wildman–Crippen MR) is 67.3 cm³/mol. The summed E-state index contributed by atoms with van der Waals surface area (Å²) in [5.74, 6) is -0.399. The number of carboxylic acid groups (broad SMARTS) is 1. The molecular formula is C13H14N2O4. The standard InChI is InChI=1S/C13H14N2O4/c1-2-15-12(13(17)18)6-9(14-15)8-19-11-5-3-4-10(16)7-11/h3-7,16H,2,8H2,1H3,(H,17,18). The number of aromatic hydroxyl groups is 1. The van der Waals surface area contributed by atoms with Gasteiger partial charge in [-0.1, -0.05) is 6.07 Å². The number of hydrogen-bond donors (Lipinski definition) is 2. The third-order valence-electron chi connectivity index (χ3n) is 2.55. The van der Waals surface area contributed by atoms with Crippen molar-refractivity contribution in [3.05, 3.63) is 41.7 Å². The van der Waals surface area contributed by atoms with Crippen molar-refractivity contribution in [3.8, 4) is 11.5 Å². The number of carboxylic acids is 1. The summed E-state index contributed by atoms with van der Waals surface area (Å²) in [5, 5.41) is 22.4. The molecule has 1 aromatic heterocycles. The van der Waals surface area contributed by atoms with E-state index in [1.165, 1.54) is 16.8 Å². The Morgan fingerprint density at radius 2 is 2.21 bits per heavy atom. The van der Waals surface area contributed by atoms with Crippen LogP contribution >= 0.6 is 0 Å². The summed E-state index contributed by atoms with van der Waals surface area (Å²) in [4.78, 5) is 11.0. The van der Waals surface area contributed by atoms with E-state index in [1.807, 2.05) is 6.92 Å². The summed E-state index contributed by atoms with van der Waals surface area (Å²) in [5.41, 5.74) is 0.666. The van der Waals surface area contributed by atoms with Gasteiger partial charge in [0.05, 0.1) is 0 Å². The first-order chi connectivity index (χ1) is 9.10. The highest BCUT2D eigenvalue weighted by molar-refractivity contribution is 5.85. The maximum Gasteiger partial charge on any atom is 0.354 e. The minimum absolute atomic E-state index is 0.114. The van der Waals surface area contributed by atoms with Crippen LogP contribution in [0, 0.1) is 0 Å². The zero-order valence-corrected chi connectivity index (χ0v) is 10.4. The molecule has 2 aromatic rings. The molecule has 0 radical (unpaired) electrons. The number of aromatic carboxylic acids is 1. The maximum absolute atomic E-state index is 11.0. The molecule has 6 heteroatoms. The molecule has 0 unspecified atom stereocenters. The van der Waals surface area contributed by atoms with E-state index < -0.39 is 5.97 Å². The number of nitrogens with zero attached hydrogens (tertiary/aromatic N) is 2. The van der Waals surface area contributed by atoms with Crippen LogP contribution < -0.4 is 4.74 Å². The average molecular weight is 262 g/mol. The lowest BCUT2D eigenvalue weighted by Crippen LogP contribution is -2.08. The average Bonchev–Trinajstić information content (AvgIpc) is 2.80. The number of phenols is 1. The SMILES string of the molecule is CCn1nc(COc2cccc(O)c2)cc1C(=O)O. The Balaban J connectivity index is 2.09. The van der Waals surface area contributed by atoms with E-state index in [0.29, 0.717) is 18.0 Å². The lowest BCUT2D eigenvalue weighted by atomic mass is 10.3. The molecule has 0 amide bonds. The molecule has 0 saturated heterocycles. The molecule has 19 heavy (non-hydrogen) atoms. The highest BCUT2D eigenvalue weighted by Gasteiger charge is 2.13. The fourth-order valence-electron chi connectivity index (χ4n) is 1.68. The smallest absolute Gasteiger partial charge is 0.354 e. The van der Waals surface area contributed by atoms with E-state index in [2.05, 4.69) is 5.10 Å². The van der Waals surface area contributed by atoms with Crippen molar-refractivity contribution in [3.63, 3.8) is 0 Å². The van der Waals surface area contributed by atoms with Crippen molar-refractivity contribution in [2.75, 3.05) is 0 Å². The number of hydrogen-bond acceptors (Lipinski definition) is 4. The zero-order chi connectivity index (χ0) is 13.8. The molecule has 1 heterocycles. The largest absolute Gasteiger partial charge is 0.508 e. The van der Waals surface area contributed by atoms with Crippen LogP contribution in [0.25, 0.3) is 0 Å². The van der Waals surface area contributed by atoms with Crippen LogP contribution in [0.5, 0.6) is 11.5 Å². The van der Waals surface area contributed by atoms with Gasteiger partial charge in [-0.3, -0.25) is 4.68 Å². The zero-order valence-electron chi connectivity index (χ0n) is 10.4. The molecule has 0 aliphatic heterocycles. The van der Waals surface area contributed by atoms with Crippen LogP contribution in [0.1, 0.15) is 23.1 Å². The first-order valence-corrected chi connectivity index (χ1v) is 5.82. The van der Waals surface area contributed by atoms with Crippen molar-refractivity contribution in [2.24, 2.45) is 0 Å². The highest BCUT2D eigenvalue weighted by atomic mass is 16.5. The van der Waals surface area contributed by atoms with Gasteiger partial charge in [0.2, 0.25) is 0 Å². The summed E-state index contributed by atoms with van der Waals surface area (Å²) in [7, 11) is 0. The molecule has 0 atom stereocenters. The lowest BCUT2D eigenvalue weighted by molar-refractivity contribution is 0.0683. The van der Waals surface area contributed by atoms with Crippen LogP contribution in [-0.2, 0) is 13.2 Å². The number of aryl methyl sites for hydroxylation is 1. The van der Waals surface area contributed by atoms with Crippen molar-refractivity contribution >= 4 is 5.97 Å². The summed E-state index contributed by atoms with van der Waals surface area (Å²) in [6, 6.07) is 7.87. The molecule has 0 saturated carbocycles. The second kappa shape index (κ2) is 5.43. The second-order valence-corrected chi connectivity index (χ2v) is 3.93. The van der Waals surface area contributed by atoms with E-state index in [1.54, 1.807) is 18.2 Å². The number of rotatable bonds is 5.